The molecule has 1 aliphatic heterocycles. The van der Waals surface area contributed by atoms with Crippen LogP contribution in [-0.4, -0.2) is 63.1 Å². The molecule has 3 rings (SSSR count). The summed E-state index contributed by atoms with van der Waals surface area (Å²) in [4.78, 5) is 27.0. The van der Waals surface area contributed by atoms with Gasteiger partial charge in [-0.05, 0) is 23.8 Å². The van der Waals surface area contributed by atoms with Crippen molar-refractivity contribution in [2.75, 3.05) is 26.2 Å². The summed E-state index contributed by atoms with van der Waals surface area (Å²) in [5.74, 6) is -3.75. The Bertz CT molecular complexity index is 738. The number of nitrogens with zero attached hydrogens (tertiary/aromatic N) is 3. The van der Waals surface area contributed by atoms with Crippen LogP contribution in [0.25, 0.3) is 0 Å². The average molecular weight is 375 g/mol. The second-order valence-corrected chi connectivity index (χ2v) is 6.11. The van der Waals surface area contributed by atoms with Gasteiger partial charge < -0.3 is 10.2 Å². The number of pyridine rings is 1. The average Bonchev–Trinajstić information content (AvgIpc) is 2.66. The molecule has 1 saturated heterocycles. The molecule has 7 nitrogen and oxygen atoms in total. The Labute approximate surface area is 156 Å². The van der Waals surface area contributed by atoms with Crippen LogP contribution < -0.4 is 0 Å². The van der Waals surface area contributed by atoms with Crippen molar-refractivity contribution in [2.24, 2.45) is 0 Å². The number of rotatable bonds is 4. The van der Waals surface area contributed by atoms with E-state index in [1.54, 1.807) is 6.07 Å². The Morgan fingerprint density at radius 3 is 1.93 bits per heavy atom. The first kappa shape index (κ1) is 20.5. The first-order valence-electron chi connectivity index (χ1n) is 8.49. The molecule has 0 radical (unpaired) electrons. The molecule has 0 unspecified atom stereocenters. The lowest BCUT2D eigenvalue weighted by atomic mass is 10.1. The zero-order chi connectivity index (χ0) is 19.6. The molecule has 1 aromatic carbocycles. The van der Waals surface area contributed by atoms with Crippen LogP contribution in [0.15, 0.2) is 48.8 Å². The molecule has 8 heteroatoms. The fourth-order valence-corrected chi connectivity index (χ4v) is 2.72. The van der Waals surface area contributed by atoms with Crippen molar-refractivity contribution in [3.63, 3.8) is 0 Å². The van der Waals surface area contributed by atoms with Crippen LogP contribution in [0, 0.1) is 5.82 Å². The molecule has 27 heavy (non-hydrogen) atoms. The number of aromatic nitrogens is 1. The van der Waals surface area contributed by atoms with E-state index in [2.05, 4.69) is 26.9 Å². The van der Waals surface area contributed by atoms with Crippen LogP contribution in [0.2, 0.25) is 0 Å². The van der Waals surface area contributed by atoms with Gasteiger partial charge in [0.2, 0.25) is 0 Å². The van der Waals surface area contributed by atoms with E-state index in [-0.39, 0.29) is 5.82 Å². The maximum atomic E-state index is 13.7. The molecule has 1 fully saturated rings. The largest absolute Gasteiger partial charge is 0.473 e. The maximum absolute atomic E-state index is 13.7. The Kier molecular flexibility index (Phi) is 7.84. The maximum Gasteiger partial charge on any atom is 0.414 e. The van der Waals surface area contributed by atoms with Gasteiger partial charge in [-0.2, -0.15) is 0 Å². The van der Waals surface area contributed by atoms with Crippen LogP contribution in [-0.2, 0) is 22.7 Å². The van der Waals surface area contributed by atoms with Crippen molar-refractivity contribution >= 4 is 11.9 Å². The highest BCUT2D eigenvalue weighted by atomic mass is 19.1. The van der Waals surface area contributed by atoms with E-state index in [0.717, 1.165) is 38.3 Å². The van der Waals surface area contributed by atoms with Gasteiger partial charge in [0.15, 0.2) is 0 Å². The van der Waals surface area contributed by atoms with Gasteiger partial charge in [-0.15, -0.1) is 0 Å². The number of piperazine rings is 1. The van der Waals surface area contributed by atoms with Crippen LogP contribution in [0.3, 0.4) is 0 Å². The van der Waals surface area contributed by atoms with Gasteiger partial charge >= 0.3 is 11.9 Å². The van der Waals surface area contributed by atoms with Gasteiger partial charge in [0.1, 0.15) is 5.82 Å². The van der Waals surface area contributed by atoms with Crippen LogP contribution in [0.4, 0.5) is 4.39 Å². The highest BCUT2D eigenvalue weighted by Gasteiger charge is 2.17. The molecule has 1 aliphatic rings. The minimum Gasteiger partial charge on any atom is -0.473 e. The summed E-state index contributed by atoms with van der Waals surface area (Å²) in [5.41, 5.74) is 2.09. The number of carboxylic acids is 2. The Hall–Kier alpha value is -2.84. The van der Waals surface area contributed by atoms with Crippen molar-refractivity contribution in [1.29, 1.82) is 0 Å². The van der Waals surface area contributed by atoms with E-state index in [1.165, 1.54) is 11.6 Å². The molecule has 0 amide bonds. The number of benzene rings is 1. The SMILES string of the molecule is Fc1ccccc1CN1CCN(Cc2ccncc2)CC1.O=C(O)C(=O)O. The number of hydrogen-bond acceptors (Lipinski definition) is 5. The normalized spacial score (nSPS) is 14.9. The van der Waals surface area contributed by atoms with Crippen molar-refractivity contribution in [1.82, 2.24) is 14.8 Å². The number of carbonyl (C=O) groups is 2. The second-order valence-electron chi connectivity index (χ2n) is 6.11. The number of aliphatic carboxylic acids is 2. The smallest absolute Gasteiger partial charge is 0.414 e. The molecule has 2 heterocycles. The molecule has 0 aliphatic carbocycles. The number of hydrogen-bond donors (Lipinski definition) is 2. The Balaban J connectivity index is 0.000000380. The molecular weight excluding hydrogens is 353 g/mol. The van der Waals surface area contributed by atoms with E-state index in [0.29, 0.717) is 6.54 Å². The zero-order valence-electron chi connectivity index (χ0n) is 14.8. The molecule has 2 aromatic rings. The topological polar surface area (TPSA) is 94.0 Å². The van der Waals surface area contributed by atoms with E-state index >= 15 is 0 Å². The third kappa shape index (κ3) is 7.12. The van der Waals surface area contributed by atoms with Crippen LogP contribution in [0.1, 0.15) is 11.1 Å². The van der Waals surface area contributed by atoms with Gasteiger partial charge in [0.25, 0.3) is 0 Å². The minimum absolute atomic E-state index is 0.100. The summed E-state index contributed by atoms with van der Waals surface area (Å²) < 4.78 is 13.7. The Morgan fingerprint density at radius 1 is 0.889 bits per heavy atom. The molecule has 0 bridgehead atoms. The molecule has 0 atom stereocenters. The summed E-state index contributed by atoms with van der Waals surface area (Å²) in [6.07, 6.45) is 3.67. The molecule has 0 saturated carbocycles. The predicted molar refractivity (Wildman–Crippen MR) is 96.5 cm³/mol. The van der Waals surface area contributed by atoms with Gasteiger partial charge in [-0.3, -0.25) is 14.8 Å². The minimum atomic E-state index is -1.82. The first-order valence-corrected chi connectivity index (χ1v) is 8.49. The molecule has 144 valence electrons. The van der Waals surface area contributed by atoms with Crippen molar-refractivity contribution < 1.29 is 24.2 Å². The summed E-state index contributed by atoms with van der Waals surface area (Å²) >= 11 is 0. The predicted octanol–water partition coefficient (Wildman–Crippen LogP) is 1.69. The quantitative estimate of drug-likeness (QED) is 0.786. The summed E-state index contributed by atoms with van der Waals surface area (Å²) in [7, 11) is 0. The third-order valence-electron chi connectivity index (χ3n) is 4.16. The standard InChI is InChI=1S/C17H20FN3.C2H2O4/c18-17-4-2-1-3-16(17)14-21-11-9-20(10-12-21)13-15-5-7-19-8-6-15;3-1(4)2(5)6/h1-8H,9-14H2;(H,3,4)(H,5,6). The second kappa shape index (κ2) is 10.3. The van der Waals surface area contributed by atoms with E-state index in [9.17, 15) is 4.39 Å². The summed E-state index contributed by atoms with van der Waals surface area (Å²) in [5, 5.41) is 14.8. The van der Waals surface area contributed by atoms with E-state index < -0.39 is 11.9 Å². The number of halogens is 1. The molecule has 0 spiro atoms. The van der Waals surface area contributed by atoms with Crippen molar-refractivity contribution in [3.8, 4) is 0 Å². The van der Waals surface area contributed by atoms with Crippen LogP contribution >= 0.6 is 0 Å². The lowest BCUT2D eigenvalue weighted by molar-refractivity contribution is -0.159. The number of carboxylic acid groups (broad SMARTS) is 2. The lowest BCUT2D eigenvalue weighted by Gasteiger charge is -2.34. The van der Waals surface area contributed by atoms with E-state index in [1.807, 2.05) is 24.5 Å². The van der Waals surface area contributed by atoms with Gasteiger partial charge in [-0.1, -0.05) is 18.2 Å². The van der Waals surface area contributed by atoms with Gasteiger partial charge in [-0.25, -0.2) is 14.0 Å². The molecular formula is C19H22FN3O4. The fraction of sp³-hybridized carbons (Fsp3) is 0.316. The zero-order valence-corrected chi connectivity index (χ0v) is 14.8. The monoisotopic (exact) mass is 375 g/mol. The highest BCUT2D eigenvalue weighted by molar-refractivity contribution is 6.27. The molecule has 2 N–H and O–H groups in total. The summed E-state index contributed by atoms with van der Waals surface area (Å²) in [6.45, 7) is 5.69. The van der Waals surface area contributed by atoms with Gasteiger partial charge in [0, 0.05) is 57.2 Å². The summed E-state index contributed by atoms with van der Waals surface area (Å²) in [6, 6.07) is 11.2. The fourth-order valence-electron chi connectivity index (χ4n) is 2.72. The highest BCUT2D eigenvalue weighted by Crippen LogP contribution is 2.13. The first-order chi connectivity index (χ1) is 13.0. The molecule has 1 aromatic heterocycles. The van der Waals surface area contributed by atoms with Crippen molar-refractivity contribution in [3.05, 3.63) is 65.7 Å². The Morgan fingerprint density at radius 2 is 1.41 bits per heavy atom. The van der Waals surface area contributed by atoms with Gasteiger partial charge in [0.05, 0.1) is 0 Å². The lowest BCUT2D eigenvalue weighted by Crippen LogP contribution is -2.45. The van der Waals surface area contributed by atoms with Crippen LogP contribution in [0.5, 0.6) is 0 Å². The van der Waals surface area contributed by atoms with E-state index in [4.69, 9.17) is 19.8 Å². The van der Waals surface area contributed by atoms with Crippen molar-refractivity contribution in [2.45, 2.75) is 13.1 Å². The third-order valence-corrected chi connectivity index (χ3v) is 4.16.